The van der Waals surface area contributed by atoms with Gasteiger partial charge in [-0.3, -0.25) is 9.69 Å². The standard InChI is InChI=1S/C17H24N2O5S/c1-18-12-17(11-13(18)16(20)21)7-9-19(10-8-17)25(22,23)15-6-4-3-5-14(15)24-2/h3-6,13H,7-12H2,1-2H3,(H,20,21)/t13-/m1/s1. The molecule has 8 heteroatoms. The van der Waals surface area contributed by atoms with E-state index in [2.05, 4.69) is 0 Å². The molecule has 1 atom stereocenters. The number of methoxy groups -OCH3 is 1. The SMILES string of the molecule is COc1ccccc1S(=O)(=O)N1CCC2(CC1)C[C@H](C(=O)O)N(C)C2. The first-order valence-corrected chi connectivity index (χ1v) is 9.79. The molecule has 0 saturated carbocycles. The third kappa shape index (κ3) is 3.26. The molecule has 2 fully saturated rings. The van der Waals surface area contributed by atoms with Crippen LogP contribution in [-0.2, 0) is 14.8 Å². The molecular weight excluding hydrogens is 344 g/mol. The summed E-state index contributed by atoms with van der Waals surface area (Å²) >= 11 is 0. The van der Waals surface area contributed by atoms with Crippen LogP contribution >= 0.6 is 0 Å². The lowest BCUT2D eigenvalue weighted by Crippen LogP contribution is -2.44. The van der Waals surface area contributed by atoms with Crippen LogP contribution < -0.4 is 4.74 Å². The molecule has 0 bridgehead atoms. The van der Waals surface area contributed by atoms with Crippen LogP contribution in [0.5, 0.6) is 5.75 Å². The molecule has 1 aromatic carbocycles. The Hall–Kier alpha value is -1.64. The predicted molar refractivity (Wildman–Crippen MR) is 92.1 cm³/mol. The lowest BCUT2D eigenvalue weighted by molar-refractivity contribution is -0.141. The lowest BCUT2D eigenvalue weighted by atomic mass is 9.77. The van der Waals surface area contributed by atoms with Gasteiger partial charge in [0.1, 0.15) is 16.7 Å². The fourth-order valence-corrected chi connectivity index (χ4v) is 5.68. The number of benzene rings is 1. The monoisotopic (exact) mass is 368 g/mol. The summed E-state index contributed by atoms with van der Waals surface area (Å²) in [7, 11) is -0.333. The number of likely N-dealkylation sites (N-methyl/N-ethyl adjacent to an activating group) is 1. The van der Waals surface area contributed by atoms with Crippen molar-refractivity contribution < 1.29 is 23.1 Å². The zero-order chi connectivity index (χ0) is 18.2. The zero-order valence-corrected chi connectivity index (χ0v) is 15.3. The highest BCUT2D eigenvalue weighted by Gasteiger charge is 2.48. The second-order valence-corrected chi connectivity index (χ2v) is 8.93. The van der Waals surface area contributed by atoms with Crippen molar-refractivity contribution in [3.63, 3.8) is 0 Å². The van der Waals surface area contributed by atoms with E-state index < -0.39 is 22.0 Å². The number of piperidine rings is 1. The van der Waals surface area contributed by atoms with Crippen LogP contribution in [-0.4, -0.2) is 68.5 Å². The Labute approximate surface area is 148 Å². The smallest absolute Gasteiger partial charge is 0.320 e. The van der Waals surface area contributed by atoms with Gasteiger partial charge < -0.3 is 9.84 Å². The van der Waals surface area contributed by atoms with Crippen LogP contribution in [0.4, 0.5) is 0 Å². The molecule has 138 valence electrons. The van der Waals surface area contributed by atoms with Gasteiger partial charge in [-0.25, -0.2) is 8.42 Å². The first-order valence-electron chi connectivity index (χ1n) is 8.35. The second kappa shape index (κ2) is 6.59. The number of hydrogen-bond acceptors (Lipinski definition) is 5. The van der Waals surface area contributed by atoms with Crippen molar-refractivity contribution in [3.05, 3.63) is 24.3 Å². The summed E-state index contributed by atoms with van der Waals surface area (Å²) < 4.78 is 32.6. The number of likely N-dealkylation sites (tertiary alicyclic amines) is 1. The van der Waals surface area contributed by atoms with Gasteiger partial charge in [-0.1, -0.05) is 12.1 Å². The summed E-state index contributed by atoms with van der Waals surface area (Å²) in [6, 6.07) is 6.15. The number of aliphatic carboxylic acids is 1. The Bertz CT molecular complexity index is 756. The average molecular weight is 368 g/mol. The van der Waals surface area contributed by atoms with E-state index >= 15 is 0 Å². The van der Waals surface area contributed by atoms with Crippen LogP contribution in [0.15, 0.2) is 29.2 Å². The van der Waals surface area contributed by atoms with Crippen LogP contribution in [0, 0.1) is 5.41 Å². The van der Waals surface area contributed by atoms with E-state index in [0.29, 0.717) is 44.6 Å². The number of nitrogens with zero attached hydrogens (tertiary/aromatic N) is 2. The van der Waals surface area contributed by atoms with E-state index in [1.54, 1.807) is 24.3 Å². The molecule has 0 unspecified atom stereocenters. The number of ether oxygens (including phenoxy) is 1. The fourth-order valence-electron chi connectivity index (χ4n) is 4.08. The minimum absolute atomic E-state index is 0.107. The maximum Gasteiger partial charge on any atom is 0.320 e. The molecule has 1 aromatic rings. The van der Waals surface area contributed by atoms with Crippen molar-refractivity contribution in [3.8, 4) is 5.75 Å². The van der Waals surface area contributed by atoms with Crippen LogP contribution in [0.2, 0.25) is 0 Å². The first-order chi connectivity index (χ1) is 11.8. The van der Waals surface area contributed by atoms with E-state index in [0.717, 1.165) is 0 Å². The summed E-state index contributed by atoms with van der Waals surface area (Å²) in [5, 5.41) is 9.32. The molecule has 2 saturated heterocycles. The van der Waals surface area contributed by atoms with Gasteiger partial charge in [0.2, 0.25) is 10.0 Å². The molecule has 1 spiro atoms. The molecule has 0 aromatic heterocycles. The zero-order valence-electron chi connectivity index (χ0n) is 14.5. The number of hydrogen-bond donors (Lipinski definition) is 1. The van der Waals surface area contributed by atoms with E-state index in [1.807, 2.05) is 11.9 Å². The summed E-state index contributed by atoms with van der Waals surface area (Å²) in [5.41, 5.74) is -0.107. The highest BCUT2D eigenvalue weighted by molar-refractivity contribution is 7.89. The molecule has 2 aliphatic rings. The van der Waals surface area contributed by atoms with Crippen molar-refractivity contribution in [2.45, 2.75) is 30.2 Å². The molecule has 0 radical (unpaired) electrons. The molecule has 2 heterocycles. The third-order valence-corrected chi connectivity index (χ3v) is 7.44. The van der Waals surface area contributed by atoms with Crippen molar-refractivity contribution in [1.82, 2.24) is 9.21 Å². The molecule has 2 aliphatic heterocycles. The molecule has 7 nitrogen and oxygen atoms in total. The maximum absolute atomic E-state index is 12.9. The normalized spacial score (nSPS) is 24.5. The van der Waals surface area contributed by atoms with Crippen LogP contribution in [0.25, 0.3) is 0 Å². The molecule has 0 amide bonds. The number of carbonyl (C=O) groups is 1. The lowest BCUT2D eigenvalue weighted by Gasteiger charge is -2.38. The Morgan fingerprint density at radius 2 is 1.92 bits per heavy atom. The Kier molecular flexibility index (Phi) is 4.78. The Morgan fingerprint density at radius 1 is 1.28 bits per heavy atom. The van der Waals surface area contributed by atoms with Gasteiger partial charge in [0, 0.05) is 19.6 Å². The quantitative estimate of drug-likeness (QED) is 0.861. The van der Waals surface area contributed by atoms with Crippen molar-refractivity contribution in [2.24, 2.45) is 5.41 Å². The van der Waals surface area contributed by atoms with Gasteiger partial charge >= 0.3 is 5.97 Å². The second-order valence-electron chi connectivity index (χ2n) is 7.03. The van der Waals surface area contributed by atoms with Crippen molar-refractivity contribution in [1.29, 1.82) is 0 Å². The summed E-state index contributed by atoms with van der Waals surface area (Å²) in [4.78, 5) is 13.4. The summed E-state index contributed by atoms with van der Waals surface area (Å²) in [5.74, 6) is -0.460. The van der Waals surface area contributed by atoms with E-state index in [9.17, 15) is 18.3 Å². The van der Waals surface area contributed by atoms with Gasteiger partial charge in [0.05, 0.1) is 7.11 Å². The average Bonchev–Trinajstić information content (AvgIpc) is 2.91. The molecule has 1 N–H and O–H groups in total. The van der Waals surface area contributed by atoms with E-state index in [4.69, 9.17) is 4.74 Å². The summed E-state index contributed by atoms with van der Waals surface area (Å²) in [6.07, 6.45) is 1.94. The minimum atomic E-state index is -3.62. The summed E-state index contributed by atoms with van der Waals surface area (Å²) in [6.45, 7) is 1.51. The third-order valence-electron chi connectivity index (χ3n) is 5.50. The highest BCUT2D eigenvalue weighted by Crippen LogP contribution is 2.44. The fraction of sp³-hybridized carbons (Fsp3) is 0.588. The van der Waals surface area contributed by atoms with Gasteiger partial charge in [-0.2, -0.15) is 4.31 Å². The number of para-hydroxylation sites is 1. The number of carboxylic acid groups (broad SMARTS) is 1. The Balaban J connectivity index is 1.75. The topological polar surface area (TPSA) is 87.2 Å². The van der Waals surface area contributed by atoms with Crippen LogP contribution in [0.1, 0.15) is 19.3 Å². The van der Waals surface area contributed by atoms with Gasteiger partial charge in [-0.15, -0.1) is 0 Å². The molecule has 3 rings (SSSR count). The van der Waals surface area contributed by atoms with Gasteiger partial charge in [-0.05, 0) is 43.9 Å². The minimum Gasteiger partial charge on any atom is -0.495 e. The largest absolute Gasteiger partial charge is 0.495 e. The number of rotatable bonds is 4. The molecular formula is C17H24N2O5S. The Morgan fingerprint density at radius 3 is 2.48 bits per heavy atom. The van der Waals surface area contributed by atoms with Crippen molar-refractivity contribution >= 4 is 16.0 Å². The van der Waals surface area contributed by atoms with E-state index in [-0.39, 0.29) is 10.3 Å². The molecule has 25 heavy (non-hydrogen) atoms. The van der Waals surface area contributed by atoms with E-state index in [1.165, 1.54) is 11.4 Å². The molecule has 0 aliphatic carbocycles. The number of sulfonamides is 1. The van der Waals surface area contributed by atoms with Gasteiger partial charge in [0.15, 0.2) is 0 Å². The van der Waals surface area contributed by atoms with Crippen LogP contribution in [0.3, 0.4) is 0 Å². The number of carboxylic acids is 1. The highest BCUT2D eigenvalue weighted by atomic mass is 32.2. The predicted octanol–water partition coefficient (Wildman–Crippen LogP) is 1.25. The van der Waals surface area contributed by atoms with Crippen molar-refractivity contribution in [2.75, 3.05) is 33.8 Å². The van der Waals surface area contributed by atoms with Gasteiger partial charge in [0.25, 0.3) is 0 Å². The maximum atomic E-state index is 12.9. The first kappa shape index (κ1) is 18.2.